The van der Waals surface area contributed by atoms with Crippen LogP contribution in [-0.2, 0) is 0 Å². The zero-order chi connectivity index (χ0) is 11.0. The van der Waals surface area contributed by atoms with E-state index in [4.69, 9.17) is 11.6 Å². The highest BCUT2D eigenvalue weighted by atomic mass is 35.5. The Morgan fingerprint density at radius 3 is 2.53 bits per heavy atom. The number of alkyl halides is 3. The van der Waals surface area contributed by atoms with Crippen molar-refractivity contribution in [2.24, 2.45) is 0 Å². The lowest BCUT2D eigenvalue weighted by Gasteiger charge is -2.07. The lowest BCUT2D eigenvalue weighted by atomic mass is 10.1. The molecular weight excluding hydrogens is 226 g/mol. The Labute approximate surface area is 88.1 Å². The quantitative estimate of drug-likeness (QED) is 0.768. The monoisotopic (exact) mass is 232 g/mol. The molecule has 1 aromatic carbocycles. The van der Waals surface area contributed by atoms with Crippen LogP contribution < -0.4 is 5.69 Å². The predicted molar refractivity (Wildman–Crippen MR) is 53.5 cm³/mol. The van der Waals surface area contributed by atoms with E-state index in [-0.39, 0.29) is 11.3 Å². The molecule has 1 atom stereocenters. The number of imidazole rings is 1. The van der Waals surface area contributed by atoms with Crippen LogP contribution in [0.25, 0.3) is 11.0 Å². The summed E-state index contributed by atoms with van der Waals surface area (Å²) in [6.07, 6.45) is -2.63. The summed E-state index contributed by atoms with van der Waals surface area (Å²) in [6.45, 7) is 0. The molecule has 2 rings (SSSR count). The Morgan fingerprint density at radius 2 is 1.87 bits per heavy atom. The highest BCUT2D eigenvalue weighted by Gasteiger charge is 2.19. The number of halogens is 3. The van der Waals surface area contributed by atoms with Gasteiger partial charge >= 0.3 is 5.69 Å². The Kier molecular flexibility index (Phi) is 2.48. The summed E-state index contributed by atoms with van der Waals surface area (Å²) in [6, 6.07) is 4.45. The molecule has 80 valence electrons. The number of nitrogens with one attached hydrogen (secondary N) is 2. The normalized spacial score (nSPS) is 13.6. The third kappa shape index (κ3) is 1.87. The van der Waals surface area contributed by atoms with E-state index >= 15 is 0 Å². The second-order valence-corrected chi connectivity index (χ2v) is 3.59. The van der Waals surface area contributed by atoms with Crippen molar-refractivity contribution >= 4 is 22.6 Å². The van der Waals surface area contributed by atoms with Crippen molar-refractivity contribution in [3.63, 3.8) is 0 Å². The fourth-order valence-electron chi connectivity index (χ4n) is 1.37. The van der Waals surface area contributed by atoms with Crippen LogP contribution in [-0.4, -0.2) is 16.4 Å². The molecule has 0 bridgehead atoms. The average molecular weight is 233 g/mol. The van der Waals surface area contributed by atoms with Gasteiger partial charge in [0.05, 0.1) is 11.0 Å². The van der Waals surface area contributed by atoms with E-state index in [1.54, 1.807) is 6.07 Å². The Hall–Kier alpha value is -1.36. The second kappa shape index (κ2) is 3.66. The van der Waals surface area contributed by atoms with Gasteiger partial charge in [0, 0.05) is 0 Å². The first-order valence-electron chi connectivity index (χ1n) is 4.22. The summed E-state index contributed by atoms with van der Waals surface area (Å²) in [4.78, 5) is 15.9. The van der Waals surface area contributed by atoms with Crippen molar-refractivity contribution in [2.45, 2.75) is 11.8 Å². The van der Waals surface area contributed by atoms with E-state index in [0.29, 0.717) is 11.0 Å². The van der Waals surface area contributed by atoms with Gasteiger partial charge < -0.3 is 9.97 Å². The van der Waals surface area contributed by atoms with Gasteiger partial charge in [-0.05, 0) is 17.7 Å². The van der Waals surface area contributed by atoms with Gasteiger partial charge in [-0.2, -0.15) is 0 Å². The molecule has 1 heterocycles. The SMILES string of the molecule is O=c1[nH]c2ccc(C(Cl)C(F)F)cc2[nH]1. The average Bonchev–Trinajstić information content (AvgIpc) is 2.55. The number of hydrogen-bond acceptors (Lipinski definition) is 1. The van der Waals surface area contributed by atoms with Crippen molar-refractivity contribution < 1.29 is 8.78 Å². The van der Waals surface area contributed by atoms with E-state index in [9.17, 15) is 13.6 Å². The first-order valence-corrected chi connectivity index (χ1v) is 4.66. The third-order valence-electron chi connectivity index (χ3n) is 2.08. The van der Waals surface area contributed by atoms with Gasteiger partial charge in [-0.3, -0.25) is 0 Å². The number of H-pyrrole nitrogens is 2. The minimum atomic E-state index is -2.63. The molecule has 0 aliphatic carbocycles. The first kappa shape index (κ1) is 10.2. The van der Waals surface area contributed by atoms with Crippen LogP contribution >= 0.6 is 11.6 Å². The molecule has 0 amide bonds. The van der Waals surface area contributed by atoms with Crippen LogP contribution in [0.2, 0.25) is 0 Å². The van der Waals surface area contributed by atoms with E-state index in [1.165, 1.54) is 12.1 Å². The van der Waals surface area contributed by atoms with E-state index in [2.05, 4.69) is 9.97 Å². The van der Waals surface area contributed by atoms with Crippen molar-refractivity contribution in [3.05, 3.63) is 34.2 Å². The highest BCUT2D eigenvalue weighted by molar-refractivity contribution is 6.21. The van der Waals surface area contributed by atoms with Crippen LogP contribution in [0.15, 0.2) is 23.0 Å². The predicted octanol–water partition coefficient (Wildman–Crippen LogP) is 2.40. The van der Waals surface area contributed by atoms with Gasteiger partial charge in [0.15, 0.2) is 0 Å². The minimum absolute atomic E-state index is 0.286. The van der Waals surface area contributed by atoms with Crippen molar-refractivity contribution in [1.29, 1.82) is 0 Å². The number of benzene rings is 1. The molecule has 0 spiro atoms. The number of fused-ring (bicyclic) bond motifs is 1. The van der Waals surface area contributed by atoms with Crippen LogP contribution in [0.3, 0.4) is 0 Å². The Morgan fingerprint density at radius 1 is 1.20 bits per heavy atom. The van der Waals surface area contributed by atoms with E-state index < -0.39 is 11.8 Å². The molecule has 0 aliphatic heterocycles. The highest BCUT2D eigenvalue weighted by Crippen LogP contribution is 2.28. The Balaban J connectivity index is 2.50. The molecule has 1 unspecified atom stereocenters. The number of hydrogen-bond donors (Lipinski definition) is 2. The third-order valence-corrected chi connectivity index (χ3v) is 2.52. The molecule has 15 heavy (non-hydrogen) atoms. The van der Waals surface area contributed by atoms with E-state index in [0.717, 1.165) is 0 Å². The van der Waals surface area contributed by atoms with Gasteiger partial charge in [0.2, 0.25) is 0 Å². The van der Waals surface area contributed by atoms with Crippen molar-refractivity contribution in [3.8, 4) is 0 Å². The maximum absolute atomic E-state index is 12.3. The van der Waals surface area contributed by atoms with Gasteiger partial charge in [0.25, 0.3) is 6.43 Å². The van der Waals surface area contributed by atoms with E-state index in [1.807, 2.05) is 0 Å². The summed E-state index contributed by atoms with van der Waals surface area (Å²) < 4.78 is 24.6. The van der Waals surface area contributed by atoms with Gasteiger partial charge in [-0.1, -0.05) is 6.07 Å². The lowest BCUT2D eigenvalue weighted by molar-refractivity contribution is 0.143. The molecule has 0 saturated carbocycles. The maximum atomic E-state index is 12.3. The standard InChI is InChI=1S/C9H7ClF2N2O/c10-7(8(11)12)4-1-2-5-6(3-4)14-9(15)13-5/h1-3,7-8H,(H2,13,14,15). The van der Waals surface area contributed by atoms with Crippen LogP contribution in [0, 0.1) is 0 Å². The molecule has 0 aliphatic rings. The molecular formula is C9H7ClF2N2O. The lowest BCUT2D eigenvalue weighted by Crippen LogP contribution is -2.01. The van der Waals surface area contributed by atoms with Gasteiger partial charge in [0.1, 0.15) is 5.38 Å². The molecule has 0 saturated heterocycles. The number of rotatable bonds is 2. The molecule has 2 N–H and O–H groups in total. The molecule has 3 nitrogen and oxygen atoms in total. The molecule has 0 fully saturated rings. The number of aromatic nitrogens is 2. The largest absolute Gasteiger partial charge is 0.323 e. The molecule has 0 radical (unpaired) electrons. The van der Waals surface area contributed by atoms with Crippen molar-refractivity contribution in [2.75, 3.05) is 0 Å². The number of aromatic amines is 2. The summed E-state index contributed by atoms with van der Waals surface area (Å²) in [5, 5.41) is -1.35. The smallest absolute Gasteiger partial charge is 0.306 e. The second-order valence-electron chi connectivity index (χ2n) is 3.12. The minimum Gasteiger partial charge on any atom is -0.306 e. The molecule has 1 aromatic heterocycles. The first-order chi connectivity index (χ1) is 7.08. The fraction of sp³-hybridized carbons (Fsp3) is 0.222. The van der Waals surface area contributed by atoms with Gasteiger partial charge in [-0.25, -0.2) is 13.6 Å². The summed E-state index contributed by atoms with van der Waals surface area (Å²) in [5.41, 5.74) is 0.963. The van der Waals surface area contributed by atoms with Crippen LogP contribution in [0.1, 0.15) is 10.9 Å². The Bertz CT molecular complexity index is 534. The summed E-state index contributed by atoms with van der Waals surface area (Å²) in [5.74, 6) is 0. The van der Waals surface area contributed by atoms with Gasteiger partial charge in [-0.15, -0.1) is 11.6 Å². The molecule has 6 heteroatoms. The summed E-state index contributed by atoms with van der Waals surface area (Å²) >= 11 is 5.50. The molecule has 2 aromatic rings. The maximum Gasteiger partial charge on any atom is 0.323 e. The fourth-order valence-corrected chi connectivity index (χ4v) is 1.50. The van der Waals surface area contributed by atoms with Crippen LogP contribution in [0.5, 0.6) is 0 Å². The zero-order valence-corrected chi connectivity index (χ0v) is 8.18. The van der Waals surface area contributed by atoms with Crippen LogP contribution in [0.4, 0.5) is 8.78 Å². The topological polar surface area (TPSA) is 48.6 Å². The van der Waals surface area contributed by atoms with Crippen molar-refractivity contribution in [1.82, 2.24) is 9.97 Å². The zero-order valence-electron chi connectivity index (χ0n) is 7.43. The summed E-state index contributed by atoms with van der Waals surface area (Å²) in [7, 11) is 0.